The number of carbonyl (C=O) groups excluding carboxylic acids is 1. The Balaban J connectivity index is 1.73. The predicted molar refractivity (Wildman–Crippen MR) is 171 cm³/mol. The number of nitrogens with zero attached hydrogens (tertiary/aromatic N) is 3. The molecular weight excluding hydrogens is 537 g/mol. The number of carbonyl (C=O) groups is 1. The Morgan fingerprint density at radius 1 is 0.775 bits per heavy atom. The first-order chi connectivity index (χ1) is 19.5. The zero-order chi connectivity index (χ0) is 28.3. The van der Waals surface area contributed by atoms with Gasteiger partial charge in [0.25, 0.3) is 5.91 Å². The van der Waals surface area contributed by atoms with Crippen molar-refractivity contribution in [3.8, 4) is 11.5 Å². The van der Waals surface area contributed by atoms with Crippen molar-refractivity contribution in [1.29, 1.82) is 0 Å². The van der Waals surface area contributed by atoms with Gasteiger partial charge in [-0.3, -0.25) is 4.79 Å². The summed E-state index contributed by atoms with van der Waals surface area (Å²) in [4.78, 5) is 20.9. The van der Waals surface area contributed by atoms with E-state index >= 15 is 0 Å². The fourth-order valence-electron chi connectivity index (χ4n) is 6.20. The van der Waals surface area contributed by atoms with Crippen LogP contribution in [0, 0.1) is 0 Å². The molecule has 212 valence electrons. The van der Waals surface area contributed by atoms with Gasteiger partial charge < -0.3 is 25.2 Å². The molecule has 40 heavy (non-hydrogen) atoms. The van der Waals surface area contributed by atoms with Crippen LogP contribution in [0.3, 0.4) is 0 Å². The van der Waals surface area contributed by atoms with Gasteiger partial charge in [-0.2, -0.15) is 0 Å². The summed E-state index contributed by atoms with van der Waals surface area (Å²) >= 11 is 0. The van der Waals surface area contributed by atoms with Crippen LogP contribution in [0.4, 0.5) is 11.4 Å². The molecule has 0 fully saturated rings. The quantitative estimate of drug-likeness (QED) is 0.193. The molecule has 0 bridgehead atoms. The van der Waals surface area contributed by atoms with Crippen molar-refractivity contribution < 1.29 is 9.53 Å². The number of anilines is 2. The third-order valence-corrected chi connectivity index (χ3v) is 10.5. The fraction of sp³-hybridized carbons (Fsp3) is 0.406. The Kier molecular flexibility index (Phi) is 8.88. The van der Waals surface area contributed by atoms with Gasteiger partial charge in [0, 0.05) is 91.0 Å². The van der Waals surface area contributed by atoms with E-state index in [1.54, 1.807) is 21.6 Å². The molecule has 6 nitrogen and oxygen atoms in total. The SMILES string of the molecule is CCN(CC)c1ccc2c(c1)Oc1cc(N(CC)CC)ccc1C21c2ccccc2C(=O)N1CCSSCCN. The van der Waals surface area contributed by atoms with Crippen LogP contribution in [-0.4, -0.2) is 61.6 Å². The molecule has 0 atom stereocenters. The molecule has 2 aliphatic heterocycles. The summed E-state index contributed by atoms with van der Waals surface area (Å²) < 4.78 is 6.77. The van der Waals surface area contributed by atoms with Gasteiger partial charge in [0.1, 0.15) is 17.0 Å². The zero-order valence-corrected chi connectivity index (χ0v) is 25.6. The molecule has 0 saturated carbocycles. The average Bonchev–Trinajstić information content (AvgIpc) is 3.22. The summed E-state index contributed by atoms with van der Waals surface area (Å²) in [5.41, 5.74) is 11.0. The van der Waals surface area contributed by atoms with E-state index in [4.69, 9.17) is 10.5 Å². The number of hydrogen-bond acceptors (Lipinski definition) is 7. The summed E-state index contributed by atoms with van der Waals surface area (Å²) in [6.45, 7) is 13.6. The minimum Gasteiger partial charge on any atom is -0.456 e. The first-order valence-corrected chi connectivity index (χ1v) is 16.9. The Morgan fingerprint density at radius 2 is 1.32 bits per heavy atom. The molecule has 2 N–H and O–H groups in total. The molecule has 0 saturated heterocycles. The van der Waals surface area contributed by atoms with Gasteiger partial charge in [-0.25, -0.2) is 0 Å². The number of hydrogen-bond donors (Lipinski definition) is 1. The average molecular weight is 577 g/mol. The Hall–Kier alpha value is -2.81. The van der Waals surface area contributed by atoms with E-state index in [-0.39, 0.29) is 5.91 Å². The third-order valence-electron chi connectivity index (χ3n) is 8.07. The summed E-state index contributed by atoms with van der Waals surface area (Å²) in [7, 11) is 3.54. The van der Waals surface area contributed by atoms with Gasteiger partial charge in [-0.15, -0.1) is 0 Å². The number of rotatable bonds is 12. The minimum absolute atomic E-state index is 0.0689. The number of amides is 1. The van der Waals surface area contributed by atoms with Gasteiger partial charge in [0.05, 0.1) is 0 Å². The van der Waals surface area contributed by atoms with Crippen molar-refractivity contribution in [1.82, 2.24) is 4.90 Å². The lowest BCUT2D eigenvalue weighted by Gasteiger charge is -2.44. The van der Waals surface area contributed by atoms with Gasteiger partial charge in [0.2, 0.25) is 0 Å². The van der Waals surface area contributed by atoms with Crippen LogP contribution < -0.4 is 20.3 Å². The summed E-state index contributed by atoms with van der Waals surface area (Å²) in [6.07, 6.45) is 0. The lowest BCUT2D eigenvalue weighted by atomic mass is 9.74. The fourth-order valence-corrected chi connectivity index (χ4v) is 8.00. The number of fused-ring (bicyclic) bond motifs is 6. The van der Waals surface area contributed by atoms with Crippen molar-refractivity contribution in [3.05, 3.63) is 82.9 Å². The van der Waals surface area contributed by atoms with Crippen molar-refractivity contribution in [2.75, 3.05) is 60.6 Å². The normalized spacial score (nSPS) is 14.5. The minimum atomic E-state index is -0.765. The highest BCUT2D eigenvalue weighted by atomic mass is 33.1. The molecule has 0 aliphatic carbocycles. The molecule has 3 aromatic carbocycles. The molecule has 2 aliphatic rings. The second kappa shape index (κ2) is 12.4. The predicted octanol–water partition coefficient (Wildman–Crippen LogP) is 6.57. The van der Waals surface area contributed by atoms with Crippen LogP contribution in [0.5, 0.6) is 11.5 Å². The van der Waals surface area contributed by atoms with Crippen molar-refractivity contribution >= 4 is 38.9 Å². The van der Waals surface area contributed by atoms with Crippen molar-refractivity contribution in [3.63, 3.8) is 0 Å². The topological polar surface area (TPSA) is 62.0 Å². The van der Waals surface area contributed by atoms with E-state index in [0.29, 0.717) is 13.1 Å². The van der Waals surface area contributed by atoms with Gasteiger partial charge in [-0.1, -0.05) is 51.9 Å². The van der Waals surface area contributed by atoms with Crippen LogP contribution in [-0.2, 0) is 5.54 Å². The molecule has 1 spiro atoms. The first-order valence-electron chi connectivity index (χ1n) is 14.4. The van der Waals surface area contributed by atoms with Crippen molar-refractivity contribution in [2.24, 2.45) is 5.73 Å². The summed E-state index contributed by atoms with van der Waals surface area (Å²) in [6, 6.07) is 21.2. The summed E-state index contributed by atoms with van der Waals surface area (Å²) in [5.74, 6) is 3.40. The molecular formula is C32H40N4O2S2. The highest BCUT2D eigenvalue weighted by Gasteiger charge is 2.56. The van der Waals surface area contributed by atoms with Crippen LogP contribution in [0.1, 0.15) is 54.7 Å². The molecule has 2 heterocycles. The van der Waals surface area contributed by atoms with E-state index in [1.807, 2.05) is 18.2 Å². The maximum Gasteiger partial charge on any atom is 0.255 e. The largest absolute Gasteiger partial charge is 0.456 e. The van der Waals surface area contributed by atoms with Crippen LogP contribution >= 0.6 is 21.6 Å². The van der Waals surface area contributed by atoms with Crippen LogP contribution in [0.2, 0.25) is 0 Å². The van der Waals surface area contributed by atoms with E-state index in [0.717, 1.165) is 82.8 Å². The van der Waals surface area contributed by atoms with E-state index < -0.39 is 5.54 Å². The molecule has 8 heteroatoms. The Bertz CT molecular complexity index is 1290. The van der Waals surface area contributed by atoms with E-state index in [1.165, 1.54) is 0 Å². The molecule has 0 radical (unpaired) electrons. The van der Waals surface area contributed by atoms with E-state index in [2.05, 4.69) is 84.9 Å². The van der Waals surface area contributed by atoms with Crippen LogP contribution in [0.25, 0.3) is 0 Å². The Morgan fingerprint density at radius 3 is 1.88 bits per heavy atom. The lowest BCUT2D eigenvalue weighted by Crippen LogP contribution is -2.48. The lowest BCUT2D eigenvalue weighted by molar-refractivity contribution is 0.0682. The second-order valence-electron chi connectivity index (χ2n) is 9.95. The van der Waals surface area contributed by atoms with Crippen LogP contribution in [0.15, 0.2) is 60.7 Å². The Labute approximate surface area is 246 Å². The standard InChI is InChI=1S/C32H40N4O2S2/c1-5-34(6-2)23-13-15-27-29(21-23)38-30-22-24(35(7-3)8-4)14-16-28(30)32(27)26-12-10-9-11-25(26)31(37)36(32)18-20-40-39-19-17-33/h9-16,21-22H,5-8,17-20,33H2,1-4H3. The number of benzene rings is 3. The molecule has 0 unspecified atom stereocenters. The first kappa shape index (κ1) is 28.7. The van der Waals surface area contributed by atoms with Gasteiger partial charge >= 0.3 is 0 Å². The highest BCUT2D eigenvalue weighted by molar-refractivity contribution is 8.76. The maximum absolute atomic E-state index is 14.2. The molecule has 5 rings (SSSR count). The second-order valence-corrected chi connectivity index (χ2v) is 12.7. The van der Waals surface area contributed by atoms with E-state index in [9.17, 15) is 4.79 Å². The summed E-state index contributed by atoms with van der Waals surface area (Å²) in [5, 5.41) is 0. The van der Waals surface area contributed by atoms with Crippen molar-refractivity contribution in [2.45, 2.75) is 33.2 Å². The van der Waals surface area contributed by atoms with Gasteiger partial charge in [-0.05, 0) is 51.5 Å². The molecule has 3 aromatic rings. The van der Waals surface area contributed by atoms with Gasteiger partial charge in [0.15, 0.2) is 0 Å². The number of ether oxygens (including phenoxy) is 1. The zero-order valence-electron chi connectivity index (χ0n) is 24.0. The highest BCUT2D eigenvalue weighted by Crippen LogP contribution is 2.58. The molecule has 1 amide bonds. The third kappa shape index (κ3) is 4.74. The number of nitrogens with two attached hydrogens (primary N) is 1. The molecule has 0 aromatic heterocycles. The smallest absolute Gasteiger partial charge is 0.255 e. The maximum atomic E-state index is 14.2. The monoisotopic (exact) mass is 576 g/mol.